The molecule has 2 unspecified atom stereocenters. The first-order chi connectivity index (χ1) is 14.7. The van der Waals surface area contributed by atoms with Crippen molar-refractivity contribution in [1.82, 2.24) is 10.3 Å². The predicted molar refractivity (Wildman–Crippen MR) is 114 cm³/mol. The van der Waals surface area contributed by atoms with Gasteiger partial charge < -0.3 is 26.6 Å². The van der Waals surface area contributed by atoms with Gasteiger partial charge in [0.25, 0.3) is 0 Å². The lowest BCUT2D eigenvalue weighted by molar-refractivity contribution is -0.144. The number of rotatable bonds is 4. The van der Waals surface area contributed by atoms with Crippen LogP contribution < -0.4 is 26.8 Å². The number of carboxylic acids is 1. The Morgan fingerprint density at radius 1 is 1.35 bits per heavy atom. The van der Waals surface area contributed by atoms with Crippen LogP contribution in [0.3, 0.4) is 0 Å². The van der Waals surface area contributed by atoms with Crippen molar-refractivity contribution < 1.29 is 14.6 Å². The number of nitrogen functional groups attached to an aromatic ring is 2. The first-order valence-corrected chi connectivity index (χ1v) is 9.30. The summed E-state index contributed by atoms with van der Waals surface area (Å²) in [5, 5.41) is 32.6. The lowest BCUT2D eigenvalue weighted by Gasteiger charge is -2.26. The van der Waals surface area contributed by atoms with Crippen molar-refractivity contribution in [3.8, 4) is 18.0 Å². The number of guanidine groups is 1. The Balaban J connectivity index is 2.17. The zero-order valence-electron chi connectivity index (χ0n) is 15.8. The Labute approximate surface area is 185 Å². The minimum atomic E-state index is -1.19. The number of nitriles is 2. The molecule has 1 aliphatic heterocycles. The molecule has 0 saturated carbocycles. The molecule has 2 aromatic rings. The van der Waals surface area contributed by atoms with Gasteiger partial charge in [0.1, 0.15) is 29.3 Å². The molecule has 0 radical (unpaired) electrons. The number of hydrogen-bond acceptors (Lipinski definition) is 10. The van der Waals surface area contributed by atoms with Crippen molar-refractivity contribution in [2.24, 2.45) is 4.99 Å². The third kappa shape index (κ3) is 4.05. The van der Waals surface area contributed by atoms with Crippen LogP contribution in [0.1, 0.15) is 29.7 Å². The minimum Gasteiger partial charge on any atom is -0.479 e. The van der Waals surface area contributed by atoms with Crippen LogP contribution in [0, 0.1) is 22.8 Å². The second-order valence-corrected chi connectivity index (χ2v) is 7.13. The average molecular weight is 461 g/mol. The molecule has 11 nitrogen and oxygen atoms in total. The quantitative estimate of drug-likeness (QED) is 0.333. The summed E-state index contributed by atoms with van der Waals surface area (Å²) in [7, 11) is 0. The maximum Gasteiger partial charge on any atom is 0.344 e. The number of aromatic nitrogens is 1. The molecule has 0 spiro atoms. The maximum atomic E-state index is 11.1. The number of halogens is 2. The molecular formula is C18H14Cl2N8O3. The number of anilines is 3. The number of aliphatic carboxylic acids is 1. The summed E-state index contributed by atoms with van der Waals surface area (Å²) >= 11 is 12.6. The van der Waals surface area contributed by atoms with Crippen molar-refractivity contribution in [3.63, 3.8) is 0 Å². The lowest BCUT2D eigenvalue weighted by atomic mass is 9.95. The van der Waals surface area contributed by atoms with Gasteiger partial charge in [0.05, 0.1) is 15.7 Å². The van der Waals surface area contributed by atoms with Gasteiger partial charge in [-0.05, 0) is 24.6 Å². The summed E-state index contributed by atoms with van der Waals surface area (Å²) in [5.41, 5.74) is 12.8. The zero-order chi connectivity index (χ0) is 22.9. The van der Waals surface area contributed by atoms with Crippen LogP contribution in [0.15, 0.2) is 17.1 Å². The van der Waals surface area contributed by atoms with Gasteiger partial charge in [0.2, 0.25) is 5.96 Å². The second-order valence-electron chi connectivity index (χ2n) is 6.31. The SMILES string of the molecule is CC(Oc1c(Cl)cc(C2N=C(NC#N)Nc3nc(N)c(C#N)c(N)c32)cc1Cl)C(=O)O. The van der Waals surface area contributed by atoms with Crippen molar-refractivity contribution in [2.75, 3.05) is 16.8 Å². The summed E-state index contributed by atoms with van der Waals surface area (Å²) in [6.45, 7) is 1.33. The number of benzene rings is 1. The Bertz CT molecular complexity index is 1180. The molecule has 13 heteroatoms. The highest BCUT2D eigenvalue weighted by Gasteiger charge is 2.31. The number of hydrogen-bond donors (Lipinski definition) is 5. The molecule has 0 bridgehead atoms. The van der Waals surface area contributed by atoms with Crippen molar-refractivity contribution in [2.45, 2.75) is 19.1 Å². The number of carboxylic acid groups (broad SMARTS) is 1. The van der Waals surface area contributed by atoms with Crippen LogP contribution in [0.2, 0.25) is 10.0 Å². The molecule has 0 saturated heterocycles. The van der Waals surface area contributed by atoms with E-state index in [1.165, 1.54) is 19.1 Å². The van der Waals surface area contributed by atoms with Gasteiger partial charge >= 0.3 is 5.97 Å². The highest BCUT2D eigenvalue weighted by molar-refractivity contribution is 6.37. The molecule has 0 fully saturated rings. The number of pyridine rings is 1. The van der Waals surface area contributed by atoms with E-state index in [1.807, 2.05) is 6.07 Å². The first-order valence-electron chi connectivity index (χ1n) is 8.55. The number of nitrogens with one attached hydrogen (secondary N) is 2. The molecule has 0 aliphatic carbocycles. The molecular weight excluding hydrogens is 447 g/mol. The minimum absolute atomic E-state index is 0.0170. The van der Waals surface area contributed by atoms with Crippen LogP contribution >= 0.6 is 23.2 Å². The summed E-state index contributed by atoms with van der Waals surface area (Å²) in [6.07, 6.45) is 0.553. The van der Waals surface area contributed by atoms with E-state index < -0.39 is 18.1 Å². The topological polar surface area (TPSA) is 195 Å². The average Bonchev–Trinajstić information content (AvgIpc) is 2.70. The highest BCUT2D eigenvalue weighted by Crippen LogP contribution is 2.44. The van der Waals surface area contributed by atoms with Gasteiger partial charge in [0, 0.05) is 5.56 Å². The molecule has 158 valence electrons. The Morgan fingerprint density at radius 2 is 2.00 bits per heavy atom. The van der Waals surface area contributed by atoms with Crippen LogP contribution in [0.25, 0.3) is 0 Å². The summed E-state index contributed by atoms with van der Waals surface area (Å²) in [6, 6.07) is 3.96. The van der Waals surface area contributed by atoms with Crippen molar-refractivity contribution in [3.05, 3.63) is 38.9 Å². The van der Waals surface area contributed by atoms with Crippen LogP contribution in [0.5, 0.6) is 5.75 Å². The standard InChI is InChI=1S/C18H14Cl2N8O3/c1-6(17(29)30)31-14-9(19)2-7(3-10(14)20)13-11-12(23)8(4-21)15(24)27-16(11)28-18(26-13)25-5-22/h2-3,6,13H,1H3,(H,29,30)(H6,23,24,25,26,27,28). The summed E-state index contributed by atoms with van der Waals surface area (Å²) in [4.78, 5) is 19.6. The van der Waals surface area contributed by atoms with E-state index in [0.29, 0.717) is 11.1 Å². The van der Waals surface area contributed by atoms with Gasteiger partial charge in [-0.3, -0.25) is 5.32 Å². The molecule has 1 aromatic carbocycles. The van der Waals surface area contributed by atoms with E-state index in [9.17, 15) is 10.1 Å². The first kappa shape index (κ1) is 21.8. The predicted octanol–water partition coefficient (Wildman–Crippen LogP) is 2.22. The molecule has 2 atom stereocenters. The van der Waals surface area contributed by atoms with E-state index in [0.717, 1.165) is 0 Å². The zero-order valence-corrected chi connectivity index (χ0v) is 17.3. The van der Waals surface area contributed by atoms with E-state index in [-0.39, 0.29) is 44.6 Å². The van der Waals surface area contributed by atoms with Crippen molar-refractivity contribution in [1.29, 1.82) is 10.5 Å². The second kappa shape index (κ2) is 8.44. The van der Waals surface area contributed by atoms with Gasteiger partial charge in [-0.15, -0.1) is 0 Å². The normalized spacial score (nSPS) is 15.4. The van der Waals surface area contributed by atoms with Gasteiger partial charge in [0.15, 0.2) is 18.0 Å². The van der Waals surface area contributed by atoms with E-state index in [2.05, 4.69) is 20.6 Å². The molecule has 3 rings (SSSR count). The fourth-order valence-corrected chi connectivity index (χ4v) is 3.49. The van der Waals surface area contributed by atoms with E-state index >= 15 is 0 Å². The number of nitrogens with two attached hydrogens (primary N) is 2. The summed E-state index contributed by atoms with van der Waals surface area (Å²) < 4.78 is 5.32. The fraction of sp³-hybridized carbons (Fsp3) is 0.167. The third-order valence-corrected chi connectivity index (χ3v) is 4.90. The van der Waals surface area contributed by atoms with E-state index in [4.69, 9.17) is 49.8 Å². The fourth-order valence-electron chi connectivity index (χ4n) is 2.90. The monoisotopic (exact) mass is 460 g/mol. The number of ether oxygens (including phenoxy) is 1. The lowest BCUT2D eigenvalue weighted by Crippen LogP contribution is -2.32. The number of carbonyl (C=O) groups is 1. The molecule has 7 N–H and O–H groups in total. The van der Waals surface area contributed by atoms with E-state index in [1.54, 1.807) is 6.19 Å². The number of nitrogens with zero attached hydrogens (tertiary/aromatic N) is 4. The third-order valence-electron chi connectivity index (χ3n) is 4.34. The Morgan fingerprint density at radius 3 is 2.55 bits per heavy atom. The molecule has 2 heterocycles. The maximum absolute atomic E-state index is 11.1. The van der Waals surface area contributed by atoms with Crippen molar-refractivity contribution >= 4 is 52.5 Å². The van der Waals surface area contributed by atoms with Crippen LogP contribution in [-0.2, 0) is 4.79 Å². The molecule has 1 aromatic heterocycles. The van der Waals surface area contributed by atoms with Gasteiger partial charge in [-0.25, -0.2) is 14.8 Å². The molecule has 1 aliphatic rings. The molecule has 31 heavy (non-hydrogen) atoms. The highest BCUT2D eigenvalue weighted by atomic mass is 35.5. The number of fused-ring (bicyclic) bond motifs is 1. The summed E-state index contributed by atoms with van der Waals surface area (Å²) in [5.74, 6) is -1.05. The smallest absolute Gasteiger partial charge is 0.344 e. The van der Waals surface area contributed by atoms with Gasteiger partial charge in [-0.2, -0.15) is 10.5 Å². The van der Waals surface area contributed by atoms with Crippen LogP contribution in [-0.4, -0.2) is 28.1 Å². The largest absolute Gasteiger partial charge is 0.479 e. The Hall–Kier alpha value is -3.93. The van der Waals surface area contributed by atoms with Crippen LogP contribution in [0.4, 0.5) is 17.3 Å². The number of aliphatic imine (C=N–C) groups is 1. The molecule has 0 amide bonds. The Kier molecular flexibility index (Phi) is 5.92. The van der Waals surface area contributed by atoms with Gasteiger partial charge in [-0.1, -0.05) is 23.2 Å².